The van der Waals surface area contributed by atoms with Gasteiger partial charge in [0.2, 0.25) is 0 Å². The first-order valence-corrected chi connectivity index (χ1v) is 4.51. The van der Waals surface area contributed by atoms with Crippen LogP contribution in [0.15, 0.2) is 0 Å². The third kappa shape index (κ3) is 2.94. The molecule has 0 saturated heterocycles. The van der Waals surface area contributed by atoms with Crippen molar-refractivity contribution >= 4 is 11.8 Å². The fourth-order valence-electron chi connectivity index (χ4n) is 1.74. The molecule has 0 aliphatic heterocycles. The summed E-state index contributed by atoms with van der Waals surface area (Å²) >= 11 is 0. The van der Waals surface area contributed by atoms with E-state index >= 15 is 0 Å². The molecule has 1 fully saturated rings. The summed E-state index contributed by atoms with van der Waals surface area (Å²) in [7, 11) is 1.10. The molecule has 0 unspecified atom stereocenters. The molecule has 0 bridgehead atoms. The first kappa shape index (κ1) is 12.0. The van der Waals surface area contributed by atoms with E-state index in [0.29, 0.717) is 0 Å². The van der Waals surface area contributed by atoms with E-state index in [1.165, 1.54) is 0 Å². The lowest BCUT2D eigenvalue weighted by Crippen LogP contribution is -2.36. The number of ketones is 1. The number of hydrogen-bond acceptors (Lipinski definition) is 3. The monoisotopic (exact) mass is 224 g/mol. The average molecular weight is 224 g/mol. The molecule has 0 aromatic heterocycles. The molecule has 0 amide bonds. The highest BCUT2D eigenvalue weighted by atomic mass is 19.4. The summed E-state index contributed by atoms with van der Waals surface area (Å²) in [5.41, 5.74) is 0. The van der Waals surface area contributed by atoms with E-state index in [2.05, 4.69) is 4.74 Å². The van der Waals surface area contributed by atoms with Crippen molar-refractivity contribution < 1.29 is 27.5 Å². The zero-order valence-electron chi connectivity index (χ0n) is 8.13. The maximum absolute atomic E-state index is 12.4. The first-order valence-electron chi connectivity index (χ1n) is 4.51. The van der Waals surface area contributed by atoms with Crippen LogP contribution in [0.3, 0.4) is 0 Å². The largest absolute Gasteiger partial charge is 0.469 e. The standard InChI is InChI=1S/C9H11F3O3/c1-15-8(14)5-2-6(9(10,11)12)4-7(13)3-5/h5-6H,2-4H2,1H3/t5-,6+/m1/s1. The van der Waals surface area contributed by atoms with E-state index < -0.39 is 36.2 Å². The molecular formula is C9H11F3O3. The summed E-state index contributed by atoms with van der Waals surface area (Å²) in [6, 6.07) is 0. The molecule has 15 heavy (non-hydrogen) atoms. The maximum Gasteiger partial charge on any atom is 0.392 e. The van der Waals surface area contributed by atoms with Crippen molar-refractivity contribution in [3.05, 3.63) is 0 Å². The van der Waals surface area contributed by atoms with Gasteiger partial charge in [0.25, 0.3) is 0 Å². The van der Waals surface area contributed by atoms with Crippen LogP contribution in [-0.2, 0) is 14.3 Å². The van der Waals surface area contributed by atoms with Gasteiger partial charge in [0.1, 0.15) is 5.78 Å². The van der Waals surface area contributed by atoms with Gasteiger partial charge in [-0.1, -0.05) is 0 Å². The van der Waals surface area contributed by atoms with Crippen LogP contribution in [0.2, 0.25) is 0 Å². The second-order valence-corrected chi connectivity index (χ2v) is 3.64. The predicted molar refractivity (Wildman–Crippen MR) is 43.9 cm³/mol. The minimum atomic E-state index is -4.41. The second kappa shape index (κ2) is 4.20. The Bertz CT molecular complexity index is 272. The van der Waals surface area contributed by atoms with Crippen LogP contribution in [-0.4, -0.2) is 25.0 Å². The minimum Gasteiger partial charge on any atom is -0.469 e. The van der Waals surface area contributed by atoms with Gasteiger partial charge in [-0.25, -0.2) is 0 Å². The van der Waals surface area contributed by atoms with Gasteiger partial charge in [0, 0.05) is 12.8 Å². The molecular weight excluding hydrogens is 213 g/mol. The molecule has 0 radical (unpaired) electrons. The van der Waals surface area contributed by atoms with Gasteiger partial charge in [-0.15, -0.1) is 0 Å². The van der Waals surface area contributed by atoms with Gasteiger partial charge in [-0.3, -0.25) is 9.59 Å². The number of alkyl halides is 3. The van der Waals surface area contributed by atoms with Gasteiger partial charge in [-0.2, -0.15) is 13.2 Å². The molecule has 0 spiro atoms. The average Bonchev–Trinajstić information content (AvgIpc) is 2.14. The Balaban J connectivity index is 2.72. The third-order valence-corrected chi connectivity index (χ3v) is 2.51. The number of rotatable bonds is 1. The van der Waals surface area contributed by atoms with Gasteiger partial charge in [-0.05, 0) is 6.42 Å². The highest BCUT2D eigenvalue weighted by Gasteiger charge is 2.46. The number of methoxy groups -OCH3 is 1. The van der Waals surface area contributed by atoms with Crippen molar-refractivity contribution in [1.29, 1.82) is 0 Å². The number of esters is 1. The molecule has 1 aliphatic carbocycles. The molecule has 0 aromatic rings. The number of ether oxygens (including phenoxy) is 1. The number of halogens is 3. The summed E-state index contributed by atoms with van der Waals surface area (Å²) in [6.07, 6.45) is -5.42. The summed E-state index contributed by atoms with van der Waals surface area (Å²) in [5, 5.41) is 0. The van der Waals surface area contributed by atoms with E-state index in [-0.39, 0.29) is 12.8 Å². The normalized spacial score (nSPS) is 27.6. The molecule has 86 valence electrons. The summed E-state index contributed by atoms with van der Waals surface area (Å²) in [4.78, 5) is 22.1. The van der Waals surface area contributed by atoms with E-state index in [4.69, 9.17) is 0 Å². The third-order valence-electron chi connectivity index (χ3n) is 2.51. The zero-order chi connectivity index (χ0) is 11.6. The second-order valence-electron chi connectivity index (χ2n) is 3.64. The minimum absolute atomic E-state index is 0.140. The fraction of sp³-hybridized carbons (Fsp3) is 0.778. The number of carbonyl (C=O) groups is 2. The first-order chi connectivity index (χ1) is 6.84. The Kier molecular flexibility index (Phi) is 3.36. The van der Waals surface area contributed by atoms with Gasteiger partial charge < -0.3 is 4.74 Å². The molecule has 1 rings (SSSR count). The Morgan fingerprint density at radius 2 is 2.00 bits per heavy atom. The highest BCUT2D eigenvalue weighted by Crippen LogP contribution is 2.38. The van der Waals surface area contributed by atoms with Gasteiger partial charge >= 0.3 is 12.1 Å². The Hall–Kier alpha value is -1.07. The van der Waals surface area contributed by atoms with Crippen LogP contribution in [0, 0.1) is 11.8 Å². The Morgan fingerprint density at radius 1 is 1.40 bits per heavy atom. The number of carbonyl (C=O) groups excluding carboxylic acids is 2. The summed E-state index contributed by atoms with van der Waals surface area (Å²) in [6.45, 7) is 0. The van der Waals surface area contributed by atoms with Crippen LogP contribution in [0.5, 0.6) is 0 Å². The van der Waals surface area contributed by atoms with Crippen LogP contribution < -0.4 is 0 Å². The van der Waals surface area contributed by atoms with E-state index in [9.17, 15) is 22.8 Å². The van der Waals surface area contributed by atoms with Crippen molar-refractivity contribution in [3.63, 3.8) is 0 Å². The van der Waals surface area contributed by atoms with Crippen molar-refractivity contribution in [3.8, 4) is 0 Å². The molecule has 0 heterocycles. The summed E-state index contributed by atoms with van der Waals surface area (Å²) in [5.74, 6) is -3.91. The lowest BCUT2D eigenvalue weighted by molar-refractivity contribution is -0.190. The Labute approximate surface area is 84.6 Å². The molecule has 2 atom stereocenters. The smallest absolute Gasteiger partial charge is 0.392 e. The Morgan fingerprint density at radius 3 is 2.47 bits per heavy atom. The van der Waals surface area contributed by atoms with Crippen molar-refractivity contribution in [2.24, 2.45) is 11.8 Å². The van der Waals surface area contributed by atoms with E-state index in [1.54, 1.807) is 0 Å². The number of Topliss-reactive ketones (excluding diaryl/α,β-unsaturated/α-hetero) is 1. The number of hydrogen-bond donors (Lipinski definition) is 0. The lowest BCUT2D eigenvalue weighted by Gasteiger charge is -2.27. The predicted octanol–water partition coefficient (Wildman–Crippen LogP) is 1.71. The maximum atomic E-state index is 12.4. The molecule has 0 N–H and O–H groups in total. The summed E-state index contributed by atoms with van der Waals surface area (Å²) < 4.78 is 41.4. The molecule has 1 saturated carbocycles. The van der Waals surface area contributed by atoms with E-state index in [0.717, 1.165) is 7.11 Å². The van der Waals surface area contributed by atoms with E-state index in [1.807, 2.05) is 0 Å². The molecule has 1 aliphatic rings. The van der Waals surface area contributed by atoms with Crippen molar-refractivity contribution in [1.82, 2.24) is 0 Å². The van der Waals surface area contributed by atoms with Crippen LogP contribution in [0.4, 0.5) is 13.2 Å². The van der Waals surface area contributed by atoms with Crippen molar-refractivity contribution in [2.45, 2.75) is 25.4 Å². The molecule has 3 nitrogen and oxygen atoms in total. The van der Waals surface area contributed by atoms with Crippen LogP contribution in [0.25, 0.3) is 0 Å². The van der Waals surface area contributed by atoms with Crippen LogP contribution in [0.1, 0.15) is 19.3 Å². The SMILES string of the molecule is COC(=O)[C@H]1CC(=O)C[C@@H](C(F)(F)F)C1. The lowest BCUT2D eigenvalue weighted by atomic mass is 9.80. The molecule has 0 aromatic carbocycles. The van der Waals surface area contributed by atoms with Gasteiger partial charge in [0.05, 0.1) is 18.9 Å². The van der Waals surface area contributed by atoms with Gasteiger partial charge in [0.15, 0.2) is 0 Å². The molecule has 6 heteroatoms. The van der Waals surface area contributed by atoms with Crippen molar-refractivity contribution in [2.75, 3.05) is 7.11 Å². The highest BCUT2D eigenvalue weighted by molar-refractivity contribution is 5.85. The zero-order valence-corrected chi connectivity index (χ0v) is 8.13. The fourth-order valence-corrected chi connectivity index (χ4v) is 1.74. The van der Waals surface area contributed by atoms with Crippen LogP contribution >= 0.6 is 0 Å². The quantitative estimate of drug-likeness (QED) is 0.637. The topological polar surface area (TPSA) is 43.4 Å².